The van der Waals surface area contributed by atoms with Gasteiger partial charge < -0.3 is 10.0 Å². The minimum absolute atomic E-state index is 0.124. The quantitative estimate of drug-likeness (QED) is 0.879. The lowest BCUT2D eigenvalue weighted by atomic mass is 9.95. The van der Waals surface area contributed by atoms with Crippen LogP contribution in [-0.4, -0.2) is 39.6 Å². The molecule has 0 aromatic carbocycles. The van der Waals surface area contributed by atoms with Gasteiger partial charge in [-0.25, -0.2) is 0 Å². The lowest BCUT2D eigenvalue weighted by molar-refractivity contribution is -0.137. The van der Waals surface area contributed by atoms with Gasteiger partial charge in [-0.2, -0.15) is 0 Å². The molecule has 1 fully saturated rings. The number of amides is 1. The summed E-state index contributed by atoms with van der Waals surface area (Å²) >= 11 is 0. The standard InChI is InChI=1S/C14H20N2O2/c1-14(18)7-3-9-16(11-14)13(17)6-5-12-4-2-8-15-10-12/h2,4,8,10,18H,3,5-7,9,11H2,1H3. The molecule has 1 aliphatic heterocycles. The van der Waals surface area contributed by atoms with Crippen molar-refractivity contribution in [3.05, 3.63) is 30.1 Å². The third-order valence-electron chi connectivity index (χ3n) is 3.38. The molecule has 1 unspecified atom stereocenters. The number of aromatic nitrogens is 1. The van der Waals surface area contributed by atoms with Gasteiger partial charge in [-0.15, -0.1) is 0 Å². The van der Waals surface area contributed by atoms with Crippen molar-refractivity contribution in [1.82, 2.24) is 9.88 Å². The Morgan fingerprint density at radius 1 is 1.61 bits per heavy atom. The summed E-state index contributed by atoms with van der Waals surface area (Å²) < 4.78 is 0. The van der Waals surface area contributed by atoms with Crippen LogP contribution in [-0.2, 0) is 11.2 Å². The molecule has 2 rings (SSSR count). The SMILES string of the molecule is CC1(O)CCCN(C(=O)CCc2cccnc2)C1. The minimum atomic E-state index is -0.720. The van der Waals surface area contributed by atoms with Crippen LogP contribution in [0.2, 0.25) is 0 Å². The molecular weight excluding hydrogens is 228 g/mol. The highest BCUT2D eigenvalue weighted by molar-refractivity contribution is 5.76. The molecule has 18 heavy (non-hydrogen) atoms. The number of nitrogens with zero attached hydrogens (tertiary/aromatic N) is 2. The average molecular weight is 248 g/mol. The molecule has 2 heterocycles. The van der Waals surface area contributed by atoms with Crippen LogP contribution in [0, 0.1) is 0 Å². The van der Waals surface area contributed by atoms with Gasteiger partial charge in [0.2, 0.25) is 5.91 Å². The zero-order chi connectivity index (χ0) is 13.0. The van der Waals surface area contributed by atoms with Gasteiger partial charge in [0.05, 0.1) is 5.60 Å². The molecule has 1 atom stereocenters. The predicted molar refractivity (Wildman–Crippen MR) is 69.0 cm³/mol. The predicted octanol–water partition coefficient (Wildman–Crippen LogP) is 1.39. The summed E-state index contributed by atoms with van der Waals surface area (Å²) in [6.45, 7) is 3.02. The maximum Gasteiger partial charge on any atom is 0.223 e. The Kier molecular flexibility index (Phi) is 3.97. The first-order chi connectivity index (χ1) is 8.57. The van der Waals surface area contributed by atoms with Crippen LogP contribution in [0.1, 0.15) is 31.7 Å². The summed E-state index contributed by atoms with van der Waals surface area (Å²) in [4.78, 5) is 17.9. The molecule has 1 aliphatic rings. The van der Waals surface area contributed by atoms with Gasteiger partial charge in [-0.3, -0.25) is 9.78 Å². The van der Waals surface area contributed by atoms with Crippen LogP contribution >= 0.6 is 0 Å². The fourth-order valence-electron chi connectivity index (χ4n) is 2.39. The molecule has 0 saturated carbocycles. The number of hydrogen-bond donors (Lipinski definition) is 1. The number of hydrogen-bond acceptors (Lipinski definition) is 3. The molecular formula is C14H20N2O2. The Morgan fingerprint density at radius 3 is 3.11 bits per heavy atom. The third kappa shape index (κ3) is 3.53. The second kappa shape index (κ2) is 5.48. The normalized spacial score (nSPS) is 24.0. The number of carbonyl (C=O) groups is 1. The number of β-amino-alcohol motifs (C(OH)–C–C–N with tert-alkyl or cyclic N) is 1. The largest absolute Gasteiger partial charge is 0.388 e. The lowest BCUT2D eigenvalue weighted by Crippen LogP contribution is -2.48. The van der Waals surface area contributed by atoms with Gasteiger partial charge in [-0.05, 0) is 37.8 Å². The van der Waals surface area contributed by atoms with E-state index in [1.165, 1.54) is 0 Å². The summed E-state index contributed by atoms with van der Waals surface area (Å²) in [6, 6.07) is 3.86. The van der Waals surface area contributed by atoms with Crippen LogP contribution in [0.5, 0.6) is 0 Å². The van der Waals surface area contributed by atoms with Crippen molar-refractivity contribution in [3.8, 4) is 0 Å². The highest BCUT2D eigenvalue weighted by Gasteiger charge is 2.30. The summed E-state index contributed by atoms with van der Waals surface area (Å²) in [5.41, 5.74) is 0.358. The van der Waals surface area contributed by atoms with E-state index in [9.17, 15) is 9.90 Å². The summed E-state index contributed by atoms with van der Waals surface area (Å²) in [6.07, 6.45) is 6.38. The number of rotatable bonds is 3. The van der Waals surface area contributed by atoms with E-state index in [4.69, 9.17) is 0 Å². The summed E-state index contributed by atoms with van der Waals surface area (Å²) in [7, 11) is 0. The highest BCUT2D eigenvalue weighted by atomic mass is 16.3. The number of aliphatic hydroxyl groups is 1. The molecule has 1 amide bonds. The number of carbonyl (C=O) groups excluding carboxylic acids is 1. The van der Waals surface area contributed by atoms with Crippen molar-refractivity contribution in [1.29, 1.82) is 0 Å². The molecule has 1 aromatic heterocycles. The van der Waals surface area contributed by atoms with E-state index in [0.29, 0.717) is 19.4 Å². The smallest absolute Gasteiger partial charge is 0.223 e. The van der Waals surface area contributed by atoms with E-state index in [0.717, 1.165) is 24.9 Å². The number of aryl methyl sites for hydroxylation is 1. The molecule has 0 aliphatic carbocycles. The van der Waals surface area contributed by atoms with Crippen LogP contribution in [0.3, 0.4) is 0 Å². The summed E-state index contributed by atoms with van der Waals surface area (Å²) in [5, 5.41) is 9.98. The molecule has 1 N–H and O–H groups in total. The monoisotopic (exact) mass is 248 g/mol. The van der Waals surface area contributed by atoms with Crippen LogP contribution in [0.25, 0.3) is 0 Å². The van der Waals surface area contributed by atoms with Crippen molar-refractivity contribution in [2.24, 2.45) is 0 Å². The second-order valence-electron chi connectivity index (χ2n) is 5.28. The summed E-state index contributed by atoms with van der Waals surface area (Å²) in [5.74, 6) is 0.124. The number of piperidine rings is 1. The van der Waals surface area contributed by atoms with E-state index < -0.39 is 5.60 Å². The average Bonchev–Trinajstić information content (AvgIpc) is 2.36. The topological polar surface area (TPSA) is 53.4 Å². The highest BCUT2D eigenvalue weighted by Crippen LogP contribution is 2.21. The van der Waals surface area contributed by atoms with Gasteiger partial charge in [0.25, 0.3) is 0 Å². The molecule has 1 saturated heterocycles. The van der Waals surface area contributed by atoms with Crippen LogP contribution in [0.15, 0.2) is 24.5 Å². The minimum Gasteiger partial charge on any atom is -0.388 e. The Balaban J connectivity index is 1.85. The van der Waals surface area contributed by atoms with Crippen LogP contribution < -0.4 is 0 Å². The van der Waals surface area contributed by atoms with E-state index >= 15 is 0 Å². The molecule has 98 valence electrons. The van der Waals surface area contributed by atoms with Crippen molar-refractivity contribution in [3.63, 3.8) is 0 Å². The Labute approximate surface area is 108 Å². The molecule has 1 aromatic rings. The van der Waals surface area contributed by atoms with Gasteiger partial charge in [0.1, 0.15) is 0 Å². The molecule has 4 nitrogen and oxygen atoms in total. The van der Waals surface area contributed by atoms with Crippen molar-refractivity contribution in [2.45, 2.75) is 38.2 Å². The molecule has 0 radical (unpaired) electrons. The second-order valence-corrected chi connectivity index (χ2v) is 5.28. The third-order valence-corrected chi connectivity index (χ3v) is 3.38. The van der Waals surface area contributed by atoms with Crippen LogP contribution in [0.4, 0.5) is 0 Å². The zero-order valence-corrected chi connectivity index (χ0v) is 10.8. The van der Waals surface area contributed by atoms with E-state index in [1.807, 2.05) is 12.1 Å². The fourth-order valence-corrected chi connectivity index (χ4v) is 2.39. The maximum atomic E-state index is 12.1. The van der Waals surface area contributed by atoms with Crippen molar-refractivity contribution < 1.29 is 9.90 Å². The van der Waals surface area contributed by atoms with E-state index in [2.05, 4.69) is 4.98 Å². The van der Waals surface area contributed by atoms with Gasteiger partial charge >= 0.3 is 0 Å². The van der Waals surface area contributed by atoms with Gasteiger partial charge in [0.15, 0.2) is 0 Å². The Morgan fingerprint density at radius 2 is 2.44 bits per heavy atom. The van der Waals surface area contributed by atoms with Crippen molar-refractivity contribution >= 4 is 5.91 Å². The zero-order valence-electron chi connectivity index (χ0n) is 10.8. The van der Waals surface area contributed by atoms with Crippen molar-refractivity contribution in [2.75, 3.05) is 13.1 Å². The Hall–Kier alpha value is -1.42. The molecule has 4 heteroatoms. The molecule has 0 bridgehead atoms. The number of likely N-dealkylation sites (tertiary alicyclic amines) is 1. The molecule has 0 spiro atoms. The fraction of sp³-hybridized carbons (Fsp3) is 0.571. The first-order valence-corrected chi connectivity index (χ1v) is 6.46. The lowest BCUT2D eigenvalue weighted by Gasteiger charge is -2.36. The van der Waals surface area contributed by atoms with Gasteiger partial charge in [0, 0.05) is 31.9 Å². The number of pyridine rings is 1. The maximum absolute atomic E-state index is 12.1. The van der Waals surface area contributed by atoms with Gasteiger partial charge in [-0.1, -0.05) is 6.07 Å². The first kappa shape index (κ1) is 13.0. The van der Waals surface area contributed by atoms with E-state index in [-0.39, 0.29) is 5.91 Å². The van der Waals surface area contributed by atoms with E-state index in [1.54, 1.807) is 24.2 Å². The first-order valence-electron chi connectivity index (χ1n) is 6.46. The Bertz CT molecular complexity index is 404.